The Bertz CT molecular complexity index is 514. The molecule has 0 fully saturated rings. The molecule has 120 valence electrons. The Morgan fingerprint density at radius 1 is 1.41 bits per heavy atom. The maximum atomic E-state index is 11.6. The molecule has 1 aromatic rings. The van der Waals surface area contributed by atoms with Crippen LogP contribution in [0.5, 0.6) is 0 Å². The van der Waals surface area contributed by atoms with E-state index in [1.54, 1.807) is 18.2 Å². The van der Waals surface area contributed by atoms with Crippen LogP contribution in [0.4, 0.5) is 5.82 Å². The second-order valence-electron chi connectivity index (χ2n) is 4.45. The van der Waals surface area contributed by atoms with Crippen molar-refractivity contribution in [2.45, 2.75) is 18.5 Å². The van der Waals surface area contributed by atoms with Crippen molar-refractivity contribution in [2.24, 2.45) is 0 Å². The highest BCUT2D eigenvalue weighted by Crippen LogP contribution is 2.21. The standard InChI is InChI=1S/C15H21ClN4OS/c1-4-7-17-14(21)11-22-15-18-12(16)10-13(19-15)20(8-5-2)9-6-3/h5-6,10H,2-4,7-9,11H2,1H3,(H,17,21). The minimum absolute atomic E-state index is 0.0361. The van der Waals surface area contributed by atoms with Crippen molar-refractivity contribution in [2.75, 3.05) is 30.3 Å². The van der Waals surface area contributed by atoms with Crippen LogP contribution >= 0.6 is 23.4 Å². The van der Waals surface area contributed by atoms with Gasteiger partial charge < -0.3 is 10.2 Å². The molecule has 1 N–H and O–H groups in total. The number of carbonyl (C=O) groups is 1. The van der Waals surface area contributed by atoms with Crippen molar-refractivity contribution in [3.8, 4) is 0 Å². The van der Waals surface area contributed by atoms with E-state index in [-0.39, 0.29) is 11.7 Å². The van der Waals surface area contributed by atoms with E-state index in [2.05, 4.69) is 28.4 Å². The fourth-order valence-electron chi connectivity index (χ4n) is 1.63. The van der Waals surface area contributed by atoms with Crippen LogP contribution < -0.4 is 10.2 Å². The Morgan fingerprint density at radius 2 is 2.09 bits per heavy atom. The van der Waals surface area contributed by atoms with Crippen LogP contribution in [0.2, 0.25) is 5.15 Å². The minimum Gasteiger partial charge on any atom is -0.355 e. The predicted octanol–water partition coefficient (Wildman–Crippen LogP) is 2.93. The summed E-state index contributed by atoms with van der Waals surface area (Å²) in [6.07, 6.45) is 4.47. The van der Waals surface area contributed by atoms with Gasteiger partial charge in [0.05, 0.1) is 5.75 Å². The van der Waals surface area contributed by atoms with Crippen molar-refractivity contribution in [3.63, 3.8) is 0 Å². The van der Waals surface area contributed by atoms with Gasteiger partial charge in [-0.1, -0.05) is 42.4 Å². The molecule has 5 nitrogen and oxygen atoms in total. The molecule has 7 heteroatoms. The summed E-state index contributed by atoms with van der Waals surface area (Å²) in [5, 5.41) is 3.64. The highest BCUT2D eigenvalue weighted by atomic mass is 35.5. The summed E-state index contributed by atoms with van der Waals surface area (Å²) < 4.78 is 0. The highest BCUT2D eigenvalue weighted by Gasteiger charge is 2.11. The molecule has 0 aliphatic heterocycles. The first kappa shape index (κ1) is 18.5. The predicted molar refractivity (Wildman–Crippen MR) is 93.7 cm³/mol. The lowest BCUT2D eigenvalue weighted by Gasteiger charge is -2.20. The minimum atomic E-state index is -0.0361. The number of hydrogen-bond acceptors (Lipinski definition) is 5. The third kappa shape index (κ3) is 6.49. The van der Waals surface area contributed by atoms with E-state index in [0.717, 1.165) is 6.42 Å². The second-order valence-corrected chi connectivity index (χ2v) is 5.78. The number of nitrogens with one attached hydrogen (secondary N) is 1. The molecule has 0 atom stereocenters. The third-order valence-corrected chi connectivity index (χ3v) is 3.63. The van der Waals surface area contributed by atoms with Crippen molar-refractivity contribution in [1.82, 2.24) is 15.3 Å². The van der Waals surface area contributed by atoms with Crippen LogP contribution in [0.15, 0.2) is 36.5 Å². The van der Waals surface area contributed by atoms with Gasteiger partial charge in [-0.15, -0.1) is 13.2 Å². The van der Waals surface area contributed by atoms with Gasteiger partial charge >= 0.3 is 0 Å². The number of amides is 1. The molecule has 0 radical (unpaired) electrons. The summed E-state index contributed by atoms with van der Waals surface area (Å²) in [6, 6.07) is 1.69. The zero-order valence-electron chi connectivity index (χ0n) is 12.7. The first-order chi connectivity index (χ1) is 10.6. The molecular weight excluding hydrogens is 320 g/mol. The molecule has 0 spiro atoms. The lowest BCUT2D eigenvalue weighted by molar-refractivity contribution is -0.118. The summed E-state index contributed by atoms with van der Waals surface area (Å²) in [7, 11) is 0. The largest absolute Gasteiger partial charge is 0.355 e. The Kier molecular flexibility index (Phi) is 8.62. The molecule has 0 aliphatic rings. The molecule has 0 unspecified atom stereocenters. The first-order valence-corrected chi connectivity index (χ1v) is 8.37. The summed E-state index contributed by atoms with van der Waals surface area (Å²) in [4.78, 5) is 22.2. The zero-order valence-corrected chi connectivity index (χ0v) is 14.3. The number of carbonyl (C=O) groups excluding carboxylic acids is 1. The molecule has 22 heavy (non-hydrogen) atoms. The summed E-state index contributed by atoms with van der Waals surface area (Å²) in [5.41, 5.74) is 0. The van der Waals surface area contributed by atoms with Crippen LogP contribution in [0.25, 0.3) is 0 Å². The van der Waals surface area contributed by atoms with Gasteiger partial charge in [0, 0.05) is 25.7 Å². The van der Waals surface area contributed by atoms with Gasteiger partial charge in [0.25, 0.3) is 0 Å². The number of aromatic nitrogens is 2. The van der Waals surface area contributed by atoms with Gasteiger partial charge in [-0.05, 0) is 6.42 Å². The monoisotopic (exact) mass is 340 g/mol. The van der Waals surface area contributed by atoms with Gasteiger partial charge in [0.1, 0.15) is 11.0 Å². The second kappa shape index (κ2) is 10.2. The van der Waals surface area contributed by atoms with E-state index in [1.165, 1.54) is 11.8 Å². The normalized spacial score (nSPS) is 10.1. The molecule has 0 aromatic carbocycles. The van der Waals surface area contributed by atoms with Crippen LogP contribution in [0.3, 0.4) is 0 Å². The summed E-state index contributed by atoms with van der Waals surface area (Å²) >= 11 is 7.31. The van der Waals surface area contributed by atoms with Gasteiger partial charge in [0.15, 0.2) is 5.16 Å². The van der Waals surface area contributed by atoms with Crippen LogP contribution in [-0.2, 0) is 4.79 Å². The molecule has 0 bridgehead atoms. The number of hydrogen-bond donors (Lipinski definition) is 1. The lowest BCUT2D eigenvalue weighted by atomic mass is 10.4. The van der Waals surface area contributed by atoms with E-state index in [0.29, 0.717) is 35.8 Å². The number of rotatable bonds is 10. The van der Waals surface area contributed by atoms with E-state index < -0.39 is 0 Å². The van der Waals surface area contributed by atoms with Crippen molar-refractivity contribution in [3.05, 3.63) is 36.5 Å². The van der Waals surface area contributed by atoms with Crippen molar-refractivity contribution in [1.29, 1.82) is 0 Å². The van der Waals surface area contributed by atoms with Crippen molar-refractivity contribution < 1.29 is 4.79 Å². The van der Waals surface area contributed by atoms with Gasteiger partial charge in [0.2, 0.25) is 5.91 Å². The van der Waals surface area contributed by atoms with Crippen LogP contribution in [0.1, 0.15) is 13.3 Å². The average Bonchev–Trinajstić information content (AvgIpc) is 2.50. The Morgan fingerprint density at radius 3 is 2.68 bits per heavy atom. The zero-order chi connectivity index (χ0) is 16.4. The Hall–Kier alpha value is -1.53. The van der Waals surface area contributed by atoms with E-state index in [9.17, 15) is 4.79 Å². The smallest absolute Gasteiger partial charge is 0.230 e. The molecule has 1 amide bonds. The van der Waals surface area contributed by atoms with Gasteiger partial charge in [-0.3, -0.25) is 4.79 Å². The quantitative estimate of drug-likeness (QED) is 0.307. The third-order valence-electron chi connectivity index (χ3n) is 2.59. The number of halogens is 1. The maximum absolute atomic E-state index is 11.6. The van der Waals surface area contributed by atoms with E-state index in [1.807, 2.05) is 11.8 Å². The Labute approximate surface area is 140 Å². The molecule has 0 aliphatic carbocycles. The average molecular weight is 341 g/mol. The van der Waals surface area contributed by atoms with Gasteiger partial charge in [-0.2, -0.15) is 0 Å². The molecule has 0 saturated heterocycles. The molecular formula is C15H21ClN4OS. The number of anilines is 1. The van der Waals surface area contributed by atoms with Crippen LogP contribution in [-0.4, -0.2) is 41.3 Å². The highest BCUT2D eigenvalue weighted by molar-refractivity contribution is 7.99. The van der Waals surface area contributed by atoms with E-state index in [4.69, 9.17) is 11.6 Å². The molecule has 1 heterocycles. The number of nitrogens with zero attached hydrogens (tertiary/aromatic N) is 3. The van der Waals surface area contributed by atoms with Crippen LogP contribution in [0, 0.1) is 0 Å². The molecule has 1 rings (SSSR count). The first-order valence-electron chi connectivity index (χ1n) is 7.01. The van der Waals surface area contributed by atoms with E-state index >= 15 is 0 Å². The molecule has 0 saturated carbocycles. The summed E-state index contributed by atoms with van der Waals surface area (Å²) in [5.74, 6) is 0.921. The van der Waals surface area contributed by atoms with Gasteiger partial charge in [-0.25, -0.2) is 9.97 Å². The lowest BCUT2D eigenvalue weighted by Crippen LogP contribution is -2.26. The fourth-order valence-corrected chi connectivity index (χ4v) is 2.54. The maximum Gasteiger partial charge on any atom is 0.230 e. The topological polar surface area (TPSA) is 58.1 Å². The summed E-state index contributed by atoms with van der Waals surface area (Å²) in [6.45, 7) is 11.4. The van der Waals surface area contributed by atoms with Crippen molar-refractivity contribution >= 4 is 35.1 Å². The Balaban J connectivity index is 2.77. The fraction of sp³-hybridized carbons (Fsp3) is 0.400. The molecule has 1 aromatic heterocycles. The number of thioether (sulfide) groups is 1. The SMILES string of the molecule is C=CCN(CC=C)c1cc(Cl)nc(SCC(=O)NCCC)n1.